The first-order chi connectivity index (χ1) is 17.8. The van der Waals surface area contributed by atoms with Crippen LogP contribution in [0, 0.1) is 5.82 Å². The average Bonchev–Trinajstić information content (AvgIpc) is 2.83. The minimum absolute atomic E-state index is 0.0189. The Balaban J connectivity index is 1.82. The van der Waals surface area contributed by atoms with Gasteiger partial charge in [0.1, 0.15) is 5.82 Å². The number of rotatable bonds is 5. The number of primary amides is 1. The summed E-state index contributed by atoms with van der Waals surface area (Å²) in [7, 11) is 0. The highest BCUT2D eigenvalue weighted by molar-refractivity contribution is 6.07. The summed E-state index contributed by atoms with van der Waals surface area (Å²) < 4.78 is 55.5. The van der Waals surface area contributed by atoms with Crippen molar-refractivity contribution in [2.45, 2.75) is 32.1 Å². The standard InChI is InChI=1S/C26H25F4N5O3/c1-13-11-35(12-14(2)33-13)22-6-4-15(17-7-16(24(31)37)3-5-20(17)27)8-21(22)34-25(38)18-10-32-23(36)9-19(18)26(28,29)30/h3-10,13-14,33H,11-12H2,1-2H3,(H2,31,37)(H,32,36)(H,34,38)/t13-,14+. The summed E-state index contributed by atoms with van der Waals surface area (Å²) in [6.07, 6.45) is -4.25. The number of carbonyl (C=O) groups excluding carboxylic acids is 2. The van der Waals surface area contributed by atoms with E-state index in [-0.39, 0.29) is 34.5 Å². The number of carbonyl (C=O) groups is 2. The molecule has 2 heterocycles. The van der Waals surface area contributed by atoms with E-state index in [0.29, 0.717) is 31.0 Å². The second kappa shape index (κ2) is 10.3. The fraction of sp³-hybridized carbons (Fsp3) is 0.269. The molecule has 1 saturated heterocycles. The van der Waals surface area contributed by atoms with Crippen LogP contribution < -0.4 is 26.8 Å². The average molecular weight is 532 g/mol. The smallest absolute Gasteiger partial charge is 0.367 e. The van der Waals surface area contributed by atoms with Crippen molar-refractivity contribution in [3.63, 3.8) is 0 Å². The SMILES string of the molecule is C[C@@H]1CN(c2ccc(-c3cc(C(N)=O)ccc3F)cc2NC(=O)c2c[nH]c(=O)cc2C(F)(F)F)C[C@H](C)N1. The number of aromatic amines is 1. The molecule has 0 saturated carbocycles. The lowest BCUT2D eigenvalue weighted by Crippen LogP contribution is -2.54. The van der Waals surface area contributed by atoms with Crippen LogP contribution in [-0.4, -0.2) is 42.0 Å². The maximum Gasteiger partial charge on any atom is 0.417 e. The number of hydrogen-bond acceptors (Lipinski definition) is 5. The second-order valence-electron chi connectivity index (χ2n) is 9.24. The van der Waals surface area contributed by atoms with E-state index in [0.717, 1.165) is 6.07 Å². The van der Waals surface area contributed by atoms with Gasteiger partial charge >= 0.3 is 6.18 Å². The fourth-order valence-corrected chi connectivity index (χ4v) is 4.59. The van der Waals surface area contributed by atoms with Gasteiger partial charge in [-0.2, -0.15) is 13.2 Å². The van der Waals surface area contributed by atoms with Gasteiger partial charge in [0.15, 0.2) is 0 Å². The molecular formula is C26H25F4N5O3. The minimum atomic E-state index is -4.95. The summed E-state index contributed by atoms with van der Waals surface area (Å²) in [5.74, 6) is -2.54. The monoisotopic (exact) mass is 531 g/mol. The maximum atomic E-state index is 14.7. The first kappa shape index (κ1) is 26.9. The molecular weight excluding hydrogens is 506 g/mol. The molecule has 2 atom stereocenters. The molecule has 5 N–H and O–H groups in total. The largest absolute Gasteiger partial charge is 0.417 e. The van der Waals surface area contributed by atoms with Crippen LogP contribution in [0.25, 0.3) is 11.1 Å². The van der Waals surface area contributed by atoms with Crippen molar-refractivity contribution in [1.29, 1.82) is 0 Å². The molecule has 2 amide bonds. The Kier molecular flexibility index (Phi) is 7.27. The normalized spacial score (nSPS) is 17.8. The number of amides is 2. The molecule has 38 heavy (non-hydrogen) atoms. The van der Waals surface area contributed by atoms with E-state index in [9.17, 15) is 31.9 Å². The van der Waals surface area contributed by atoms with E-state index in [4.69, 9.17) is 5.73 Å². The van der Waals surface area contributed by atoms with Gasteiger partial charge < -0.3 is 26.3 Å². The summed E-state index contributed by atoms with van der Waals surface area (Å²) in [6.45, 7) is 5.00. The molecule has 4 rings (SSSR count). The van der Waals surface area contributed by atoms with Crippen molar-refractivity contribution in [2.24, 2.45) is 5.73 Å². The molecule has 2 aromatic carbocycles. The van der Waals surface area contributed by atoms with Crippen molar-refractivity contribution in [1.82, 2.24) is 10.3 Å². The number of anilines is 2. The van der Waals surface area contributed by atoms with Gasteiger partial charge in [0.2, 0.25) is 11.5 Å². The topological polar surface area (TPSA) is 120 Å². The number of pyridine rings is 1. The number of benzene rings is 2. The minimum Gasteiger partial charge on any atom is -0.367 e. The summed E-state index contributed by atoms with van der Waals surface area (Å²) in [5, 5.41) is 5.89. The summed E-state index contributed by atoms with van der Waals surface area (Å²) in [6, 6.07) is 8.68. The summed E-state index contributed by atoms with van der Waals surface area (Å²) in [5.41, 5.74) is 3.12. The van der Waals surface area contributed by atoms with Gasteiger partial charge in [-0.1, -0.05) is 6.07 Å². The van der Waals surface area contributed by atoms with E-state index in [2.05, 4.69) is 15.6 Å². The van der Waals surface area contributed by atoms with Crippen molar-refractivity contribution in [2.75, 3.05) is 23.3 Å². The van der Waals surface area contributed by atoms with E-state index in [1.165, 1.54) is 18.2 Å². The maximum absolute atomic E-state index is 14.7. The molecule has 3 aromatic rings. The summed E-state index contributed by atoms with van der Waals surface area (Å²) in [4.78, 5) is 40.3. The van der Waals surface area contributed by atoms with Crippen molar-refractivity contribution >= 4 is 23.2 Å². The number of nitrogens with zero attached hydrogens (tertiary/aromatic N) is 1. The highest BCUT2D eigenvalue weighted by atomic mass is 19.4. The Morgan fingerprint density at radius 1 is 1.05 bits per heavy atom. The zero-order valence-electron chi connectivity index (χ0n) is 20.4. The van der Waals surface area contributed by atoms with Crippen molar-refractivity contribution in [3.8, 4) is 11.1 Å². The van der Waals surface area contributed by atoms with Crippen LogP contribution in [0.4, 0.5) is 28.9 Å². The molecule has 200 valence electrons. The molecule has 8 nitrogen and oxygen atoms in total. The van der Waals surface area contributed by atoms with Crippen molar-refractivity contribution < 1.29 is 27.2 Å². The van der Waals surface area contributed by atoms with Gasteiger partial charge in [-0.05, 0) is 49.7 Å². The molecule has 0 spiro atoms. The van der Waals surface area contributed by atoms with Crippen LogP contribution in [0.3, 0.4) is 0 Å². The number of alkyl halides is 3. The number of piperazine rings is 1. The van der Waals surface area contributed by atoms with E-state index < -0.39 is 40.5 Å². The molecule has 1 aromatic heterocycles. The van der Waals surface area contributed by atoms with E-state index in [1.54, 1.807) is 12.1 Å². The first-order valence-corrected chi connectivity index (χ1v) is 11.7. The first-order valence-electron chi connectivity index (χ1n) is 11.7. The molecule has 1 aliphatic heterocycles. The number of aromatic nitrogens is 1. The highest BCUT2D eigenvalue weighted by Crippen LogP contribution is 2.36. The zero-order valence-corrected chi connectivity index (χ0v) is 20.4. The molecule has 1 aliphatic rings. The Morgan fingerprint density at radius 2 is 1.74 bits per heavy atom. The molecule has 12 heteroatoms. The quantitative estimate of drug-likeness (QED) is 0.374. The van der Waals surface area contributed by atoms with Crippen LogP contribution in [0.5, 0.6) is 0 Å². The lowest BCUT2D eigenvalue weighted by molar-refractivity contribution is -0.138. The van der Waals surface area contributed by atoms with E-state index >= 15 is 0 Å². The third-order valence-corrected chi connectivity index (χ3v) is 6.18. The Labute approximate surface area is 214 Å². The Morgan fingerprint density at radius 3 is 2.37 bits per heavy atom. The Hall–Kier alpha value is -4.19. The number of H-pyrrole nitrogens is 1. The number of nitrogens with two attached hydrogens (primary N) is 1. The predicted molar refractivity (Wildman–Crippen MR) is 135 cm³/mol. The van der Waals surface area contributed by atoms with E-state index in [1.807, 2.05) is 18.7 Å². The van der Waals surface area contributed by atoms with Crippen LogP contribution in [0.1, 0.15) is 40.1 Å². The number of halogens is 4. The van der Waals surface area contributed by atoms with Gasteiger partial charge in [0.05, 0.1) is 22.5 Å². The summed E-state index contributed by atoms with van der Waals surface area (Å²) >= 11 is 0. The van der Waals surface area contributed by atoms with Gasteiger partial charge in [-0.15, -0.1) is 0 Å². The molecule has 0 radical (unpaired) electrons. The second-order valence-corrected chi connectivity index (χ2v) is 9.24. The predicted octanol–water partition coefficient (Wildman–Crippen LogP) is 3.74. The third kappa shape index (κ3) is 5.70. The van der Waals surface area contributed by atoms with Gasteiger partial charge in [0, 0.05) is 48.6 Å². The Bertz CT molecular complexity index is 1440. The van der Waals surface area contributed by atoms with Gasteiger partial charge in [0.25, 0.3) is 5.91 Å². The van der Waals surface area contributed by atoms with Gasteiger partial charge in [-0.25, -0.2) is 4.39 Å². The molecule has 0 bridgehead atoms. The molecule has 0 aliphatic carbocycles. The zero-order chi connectivity index (χ0) is 27.8. The fourth-order valence-electron chi connectivity index (χ4n) is 4.59. The van der Waals surface area contributed by atoms with Crippen molar-refractivity contribution in [3.05, 3.63) is 81.5 Å². The molecule has 0 unspecified atom stereocenters. The van der Waals surface area contributed by atoms with Crippen LogP contribution in [0.15, 0.2) is 53.5 Å². The molecule has 1 fully saturated rings. The lowest BCUT2D eigenvalue weighted by atomic mass is 9.99. The highest BCUT2D eigenvalue weighted by Gasteiger charge is 2.36. The van der Waals surface area contributed by atoms with Crippen LogP contribution in [-0.2, 0) is 6.18 Å². The van der Waals surface area contributed by atoms with Gasteiger partial charge in [-0.3, -0.25) is 14.4 Å². The number of nitrogens with one attached hydrogen (secondary N) is 3. The van der Waals surface area contributed by atoms with Crippen LogP contribution >= 0.6 is 0 Å². The number of hydrogen-bond donors (Lipinski definition) is 4. The lowest BCUT2D eigenvalue weighted by Gasteiger charge is -2.38. The third-order valence-electron chi connectivity index (χ3n) is 6.18. The van der Waals surface area contributed by atoms with Crippen LogP contribution in [0.2, 0.25) is 0 Å².